The topological polar surface area (TPSA) is 47.6 Å². The molecule has 0 saturated heterocycles. The maximum atomic E-state index is 11.4. The summed E-state index contributed by atoms with van der Waals surface area (Å²) in [5.74, 6) is 2.15. The third kappa shape index (κ3) is 2.98. The molecule has 0 radical (unpaired) electrons. The second-order valence-electron chi connectivity index (χ2n) is 3.96. The fraction of sp³-hybridized carbons (Fsp3) is 0.500. The van der Waals surface area contributed by atoms with Gasteiger partial charge >= 0.3 is 0 Å². The Labute approximate surface area is 104 Å². The molecule has 1 aromatic carbocycles. The fourth-order valence-electron chi connectivity index (χ4n) is 1.88. The van der Waals surface area contributed by atoms with Crippen molar-refractivity contribution in [3.8, 4) is 11.5 Å². The molecule has 1 aliphatic heterocycles. The molecular weight excluding hydrogens is 238 g/mol. The summed E-state index contributed by atoms with van der Waals surface area (Å²) in [4.78, 5) is 0. The monoisotopic (exact) mass is 255 g/mol. The Balaban J connectivity index is 2.20. The molecule has 0 spiro atoms. The highest BCUT2D eigenvalue weighted by Gasteiger charge is 2.18. The summed E-state index contributed by atoms with van der Waals surface area (Å²) in [5.41, 5.74) is 1.09. The molecule has 4 nitrogen and oxygen atoms in total. The lowest BCUT2D eigenvalue weighted by Crippen LogP contribution is -2.25. The molecule has 17 heavy (non-hydrogen) atoms. The highest BCUT2D eigenvalue weighted by molar-refractivity contribution is 7.84. The van der Waals surface area contributed by atoms with Gasteiger partial charge in [-0.15, -0.1) is 0 Å². The van der Waals surface area contributed by atoms with Gasteiger partial charge in [0, 0.05) is 28.9 Å². The summed E-state index contributed by atoms with van der Waals surface area (Å²) in [6.45, 7) is 3.17. The van der Waals surface area contributed by atoms with Gasteiger partial charge in [-0.2, -0.15) is 0 Å². The first-order valence-electron chi connectivity index (χ1n) is 5.63. The van der Waals surface area contributed by atoms with E-state index in [2.05, 4.69) is 5.32 Å². The number of benzene rings is 1. The average Bonchev–Trinajstić information content (AvgIpc) is 2.74. The van der Waals surface area contributed by atoms with Crippen molar-refractivity contribution in [1.82, 2.24) is 5.32 Å². The van der Waals surface area contributed by atoms with Gasteiger partial charge in [0.2, 0.25) is 6.79 Å². The van der Waals surface area contributed by atoms with Crippen LogP contribution in [-0.4, -0.2) is 29.6 Å². The van der Waals surface area contributed by atoms with Gasteiger partial charge in [-0.1, -0.05) is 13.0 Å². The Bertz CT molecular complexity index is 422. The second kappa shape index (κ2) is 5.51. The van der Waals surface area contributed by atoms with E-state index < -0.39 is 10.8 Å². The molecule has 0 saturated carbocycles. The van der Waals surface area contributed by atoms with Crippen molar-refractivity contribution in [1.29, 1.82) is 0 Å². The van der Waals surface area contributed by atoms with Crippen molar-refractivity contribution in [3.05, 3.63) is 23.8 Å². The summed E-state index contributed by atoms with van der Waals surface area (Å²) in [5, 5.41) is 3.33. The van der Waals surface area contributed by atoms with Gasteiger partial charge < -0.3 is 14.8 Å². The van der Waals surface area contributed by atoms with Gasteiger partial charge in [0.1, 0.15) is 0 Å². The molecule has 0 aromatic heterocycles. The van der Waals surface area contributed by atoms with Crippen LogP contribution in [0.4, 0.5) is 0 Å². The van der Waals surface area contributed by atoms with Crippen LogP contribution in [0.1, 0.15) is 18.5 Å². The number of rotatable bonds is 5. The van der Waals surface area contributed by atoms with Crippen molar-refractivity contribution in [3.63, 3.8) is 0 Å². The number of ether oxygens (including phenoxy) is 2. The predicted molar refractivity (Wildman–Crippen MR) is 67.9 cm³/mol. The average molecular weight is 255 g/mol. The highest BCUT2D eigenvalue weighted by Crippen LogP contribution is 2.34. The third-order valence-corrected chi connectivity index (χ3v) is 3.45. The molecule has 2 rings (SSSR count). The van der Waals surface area contributed by atoms with E-state index in [9.17, 15) is 4.21 Å². The van der Waals surface area contributed by atoms with Crippen molar-refractivity contribution in [2.75, 3.05) is 25.3 Å². The molecule has 0 fully saturated rings. The lowest BCUT2D eigenvalue weighted by molar-refractivity contribution is 0.174. The van der Waals surface area contributed by atoms with E-state index in [1.54, 1.807) is 6.26 Å². The summed E-state index contributed by atoms with van der Waals surface area (Å²) >= 11 is 0. The zero-order valence-corrected chi connectivity index (χ0v) is 10.9. The van der Waals surface area contributed by atoms with Crippen LogP contribution in [0.15, 0.2) is 18.2 Å². The van der Waals surface area contributed by atoms with Crippen LogP contribution in [0.2, 0.25) is 0 Å². The largest absolute Gasteiger partial charge is 0.454 e. The quantitative estimate of drug-likeness (QED) is 0.865. The summed E-state index contributed by atoms with van der Waals surface area (Å²) < 4.78 is 22.0. The normalized spacial score (nSPS) is 16.8. The first-order valence-corrected chi connectivity index (χ1v) is 7.36. The smallest absolute Gasteiger partial charge is 0.231 e. The van der Waals surface area contributed by atoms with Crippen LogP contribution in [-0.2, 0) is 10.8 Å². The van der Waals surface area contributed by atoms with E-state index in [4.69, 9.17) is 9.47 Å². The first kappa shape index (κ1) is 12.4. The van der Waals surface area contributed by atoms with Crippen molar-refractivity contribution < 1.29 is 13.7 Å². The third-order valence-electron chi connectivity index (χ3n) is 2.65. The summed E-state index contributed by atoms with van der Waals surface area (Å²) in [6.07, 6.45) is 1.72. The minimum Gasteiger partial charge on any atom is -0.454 e. The first-order chi connectivity index (χ1) is 8.20. The Morgan fingerprint density at radius 3 is 2.88 bits per heavy atom. The van der Waals surface area contributed by atoms with Crippen LogP contribution in [0.3, 0.4) is 0 Å². The van der Waals surface area contributed by atoms with E-state index in [1.807, 2.05) is 25.1 Å². The lowest BCUT2D eigenvalue weighted by Gasteiger charge is -2.17. The molecule has 0 aliphatic carbocycles. The van der Waals surface area contributed by atoms with E-state index in [1.165, 1.54) is 0 Å². The van der Waals surface area contributed by atoms with Crippen LogP contribution in [0.25, 0.3) is 0 Å². The van der Waals surface area contributed by atoms with Gasteiger partial charge in [-0.05, 0) is 24.2 Å². The number of nitrogens with one attached hydrogen (secondary N) is 1. The maximum absolute atomic E-state index is 11.4. The second-order valence-corrected chi connectivity index (χ2v) is 5.44. The Kier molecular flexibility index (Phi) is 4.02. The zero-order chi connectivity index (χ0) is 12.3. The lowest BCUT2D eigenvalue weighted by atomic mass is 10.1. The number of hydrogen-bond donors (Lipinski definition) is 1. The number of fused-ring (bicyclic) bond motifs is 1. The molecule has 2 atom stereocenters. The molecule has 1 heterocycles. The van der Waals surface area contributed by atoms with Gasteiger partial charge in [-0.25, -0.2) is 0 Å². The summed E-state index contributed by atoms with van der Waals surface area (Å²) in [7, 11) is -0.830. The molecule has 0 amide bonds. The van der Waals surface area contributed by atoms with E-state index in [0.29, 0.717) is 5.75 Å². The van der Waals surface area contributed by atoms with Gasteiger partial charge in [0.05, 0.1) is 0 Å². The van der Waals surface area contributed by atoms with Crippen LogP contribution < -0.4 is 14.8 Å². The zero-order valence-electron chi connectivity index (χ0n) is 10.1. The van der Waals surface area contributed by atoms with Crippen LogP contribution in [0, 0.1) is 0 Å². The fourth-order valence-corrected chi connectivity index (χ4v) is 2.66. The molecule has 94 valence electrons. The van der Waals surface area contributed by atoms with Crippen LogP contribution in [0.5, 0.6) is 11.5 Å². The van der Waals surface area contributed by atoms with Crippen molar-refractivity contribution >= 4 is 10.8 Å². The van der Waals surface area contributed by atoms with Crippen LogP contribution >= 0.6 is 0 Å². The standard InChI is InChI=1S/C12H17NO3S/c1-3-13-10(7-17(2)14)9-4-5-11-12(6-9)16-8-15-11/h4-6,10,13H,3,7-8H2,1-2H3. The molecule has 1 aromatic rings. The van der Waals surface area contributed by atoms with E-state index in [-0.39, 0.29) is 12.8 Å². The molecule has 5 heteroatoms. The predicted octanol–water partition coefficient (Wildman–Crippen LogP) is 1.44. The molecule has 0 bridgehead atoms. The minimum atomic E-state index is -0.830. The van der Waals surface area contributed by atoms with Gasteiger partial charge in [0.15, 0.2) is 11.5 Å². The SMILES string of the molecule is CCNC(CS(C)=O)c1ccc2c(c1)OCO2. The molecule has 2 unspecified atom stereocenters. The number of hydrogen-bond acceptors (Lipinski definition) is 4. The molecule has 1 aliphatic rings. The maximum Gasteiger partial charge on any atom is 0.231 e. The van der Waals surface area contributed by atoms with E-state index >= 15 is 0 Å². The highest BCUT2D eigenvalue weighted by atomic mass is 32.2. The molecule has 1 N–H and O–H groups in total. The Morgan fingerprint density at radius 1 is 1.41 bits per heavy atom. The minimum absolute atomic E-state index is 0.0975. The van der Waals surface area contributed by atoms with Crippen molar-refractivity contribution in [2.24, 2.45) is 0 Å². The van der Waals surface area contributed by atoms with Gasteiger partial charge in [-0.3, -0.25) is 4.21 Å². The van der Waals surface area contributed by atoms with Gasteiger partial charge in [0.25, 0.3) is 0 Å². The Morgan fingerprint density at radius 2 is 2.18 bits per heavy atom. The van der Waals surface area contributed by atoms with Crippen molar-refractivity contribution in [2.45, 2.75) is 13.0 Å². The Hall–Kier alpha value is -1.07. The molecular formula is C12H17NO3S. The van der Waals surface area contributed by atoms with E-state index in [0.717, 1.165) is 23.6 Å². The summed E-state index contributed by atoms with van der Waals surface area (Å²) in [6, 6.07) is 5.96.